The third kappa shape index (κ3) is 9.71. The third-order valence-electron chi connectivity index (χ3n) is 9.35. The van der Waals surface area contributed by atoms with Crippen molar-refractivity contribution in [3.05, 3.63) is 63.5 Å². The maximum absolute atomic E-state index is 14.2. The van der Waals surface area contributed by atoms with Gasteiger partial charge in [0.15, 0.2) is 14.0 Å². The lowest BCUT2D eigenvalue weighted by Crippen LogP contribution is -2.43. The van der Waals surface area contributed by atoms with Gasteiger partial charge in [0, 0.05) is 53.9 Å². The van der Waals surface area contributed by atoms with Crippen LogP contribution < -0.4 is 16.1 Å². The molecule has 16 heteroatoms. The Bertz CT molecular complexity index is 2020. The summed E-state index contributed by atoms with van der Waals surface area (Å²) in [5.74, 6) is -0.780. The molecule has 1 atom stereocenters. The van der Waals surface area contributed by atoms with E-state index in [-0.39, 0.29) is 58.1 Å². The van der Waals surface area contributed by atoms with Gasteiger partial charge < -0.3 is 24.2 Å². The molecule has 0 bridgehead atoms. The maximum atomic E-state index is 14.2. The number of carbonyl (C=O) groups excluding carboxylic acids is 2. The number of nitrogens with one attached hydrogen (secondary N) is 2. The number of alkyl halides is 3. The van der Waals surface area contributed by atoms with Crippen LogP contribution in [0.2, 0.25) is 18.1 Å². The van der Waals surface area contributed by atoms with Crippen LogP contribution in [-0.2, 0) is 15.3 Å². The number of aromatic nitrogens is 3. The number of carbonyl (C=O) groups is 2. The Morgan fingerprint density at radius 3 is 2.36 bits per heavy atom. The average Bonchev–Trinajstić information content (AvgIpc) is 3.56. The fourth-order valence-corrected chi connectivity index (χ4v) is 7.13. The number of fused-ring (bicyclic) bond motifs is 1. The van der Waals surface area contributed by atoms with Crippen molar-refractivity contribution in [1.82, 2.24) is 19.9 Å². The van der Waals surface area contributed by atoms with Crippen molar-refractivity contribution in [2.24, 2.45) is 5.41 Å². The highest BCUT2D eigenvalue weighted by molar-refractivity contribution is 7.13. The van der Waals surface area contributed by atoms with Crippen LogP contribution in [0.4, 0.5) is 23.8 Å². The highest BCUT2D eigenvalue weighted by Crippen LogP contribution is 2.42. The minimum Gasteiger partial charge on any atom is -0.462 e. The molecule has 2 amide bonds. The van der Waals surface area contributed by atoms with E-state index in [0.717, 1.165) is 16.7 Å². The number of anilines is 1. The molecule has 0 saturated carbocycles. The van der Waals surface area contributed by atoms with Gasteiger partial charge in [-0.25, -0.2) is 19.6 Å². The van der Waals surface area contributed by atoms with E-state index in [1.807, 2.05) is 25.3 Å². The summed E-state index contributed by atoms with van der Waals surface area (Å²) in [5.41, 5.74) is -0.834. The average molecular weight is 776 g/mol. The number of aliphatic hydroxyl groups excluding tert-OH is 1. The first kappa shape index (κ1) is 41.6. The lowest BCUT2D eigenvalue weighted by Gasteiger charge is -2.40. The summed E-state index contributed by atoms with van der Waals surface area (Å²) in [6.07, 6.45) is -1.60. The molecule has 0 aliphatic rings. The van der Waals surface area contributed by atoms with Gasteiger partial charge in [-0.05, 0) is 54.2 Å². The quantitative estimate of drug-likeness (QED) is 0.0739. The van der Waals surface area contributed by atoms with Gasteiger partial charge in [-0.1, -0.05) is 47.6 Å². The summed E-state index contributed by atoms with van der Waals surface area (Å²) < 4.78 is 54.8. The molecular formula is C37H48F3N5O6SSi. The Balaban J connectivity index is 1.98. The van der Waals surface area contributed by atoms with Crippen LogP contribution in [0, 0.1) is 5.41 Å². The lowest BCUT2D eigenvalue weighted by atomic mass is 9.86. The third-order valence-corrected chi connectivity index (χ3v) is 14.7. The predicted octanol–water partition coefficient (Wildman–Crippen LogP) is 8.50. The number of benzene rings is 1. The van der Waals surface area contributed by atoms with Crippen molar-refractivity contribution < 1.29 is 37.0 Å². The molecule has 288 valence electrons. The Morgan fingerprint density at radius 2 is 1.77 bits per heavy atom. The minimum atomic E-state index is -4.68. The Hall–Kier alpha value is -4.12. The van der Waals surface area contributed by atoms with Crippen molar-refractivity contribution in [3.63, 3.8) is 0 Å². The molecule has 0 radical (unpaired) electrons. The highest BCUT2D eigenvalue weighted by Gasteiger charge is 2.39. The van der Waals surface area contributed by atoms with Crippen molar-refractivity contribution in [2.45, 2.75) is 85.2 Å². The van der Waals surface area contributed by atoms with Crippen LogP contribution in [0.1, 0.15) is 77.0 Å². The number of amides is 2. The van der Waals surface area contributed by atoms with E-state index in [2.05, 4.69) is 54.5 Å². The van der Waals surface area contributed by atoms with Crippen molar-refractivity contribution in [3.8, 4) is 21.7 Å². The molecule has 0 spiro atoms. The van der Waals surface area contributed by atoms with E-state index < -0.39 is 43.0 Å². The van der Waals surface area contributed by atoms with E-state index in [0.29, 0.717) is 29.8 Å². The number of aliphatic hydroxyl groups is 1. The van der Waals surface area contributed by atoms with E-state index >= 15 is 0 Å². The molecule has 53 heavy (non-hydrogen) atoms. The standard InChI is InChI=1S/C37H48F3N5O6SSi/c1-10-41-34(49)44-30-17-23(32-43-28(21-52-32)37(38,39)40)25(18-42-30)22-12-13-27-24(16-22)31(47)26(33(48)50-15-11-14-46)19-45(27)29(35(2,3)4)20-51-53(8,9)36(5,6)7/h12-13,16-19,21,29,46H,10-11,14-15,20H2,1-9H3,(H2,41,42,44,49)/t29-/m1/s1. The largest absolute Gasteiger partial charge is 0.462 e. The summed E-state index contributed by atoms with van der Waals surface area (Å²) in [7, 11) is -2.24. The molecule has 0 aliphatic carbocycles. The molecule has 1 aromatic carbocycles. The van der Waals surface area contributed by atoms with Crippen molar-refractivity contribution in [1.29, 1.82) is 0 Å². The first-order valence-electron chi connectivity index (χ1n) is 17.3. The molecule has 0 aliphatic heterocycles. The normalized spacial score (nSPS) is 13.2. The van der Waals surface area contributed by atoms with Crippen molar-refractivity contribution >= 4 is 48.4 Å². The first-order chi connectivity index (χ1) is 24.6. The molecule has 0 saturated heterocycles. The number of ether oxygens (including phenoxy) is 1. The molecule has 4 aromatic rings. The van der Waals surface area contributed by atoms with Crippen LogP contribution in [0.25, 0.3) is 32.6 Å². The molecule has 3 aromatic heterocycles. The maximum Gasteiger partial charge on any atom is 0.434 e. The number of esters is 1. The first-order valence-corrected chi connectivity index (χ1v) is 21.1. The van der Waals surface area contributed by atoms with E-state index in [4.69, 9.17) is 9.16 Å². The molecule has 3 N–H and O–H groups in total. The van der Waals surface area contributed by atoms with Gasteiger partial charge in [0.05, 0.1) is 24.8 Å². The summed E-state index contributed by atoms with van der Waals surface area (Å²) in [6, 6.07) is 5.54. The predicted molar refractivity (Wildman–Crippen MR) is 204 cm³/mol. The van der Waals surface area contributed by atoms with Gasteiger partial charge in [-0.2, -0.15) is 13.2 Å². The summed E-state index contributed by atoms with van der Waals surface area (Å²) in [5, 5.41) is 15.4. The second-order valence-corrected chi connectivity index (χ2v) is 21.0. The smallest absolute Gasteiger partial charge is 0.434 e. The Morgan fingerprint density at radius 1 is 1.08 bits per heavy atom. The number of urea groups is 1. The number of nitrogens with zero attached hydrogens (tertiary/aromatic N) is 3. The highest BCUT2D eigenvalue weighted by atomic mass is 32.1. The summed E-state index contributed by atoms with van der Waals surface area (Å²) in [4.78, 5) is 48.1. The number of hydrogen-bond acceptors (Lipinski definition) is 9. The van der Waals surface area contributed by atoms with Gasteiger partial charge in [0.2, 0.25) is 5.43 Å². The summed E-state index contributed by atoms with van der Waals surface area (Å²) >= 11 is 0.774. The van der Waals surface area contributed by atoms with Gasteiger partial charge >= 0.3 is 18.2 Å². The molecular weight excluding hydrogens is 728 g/mol. The number of hydrogen-bond donors (Lipinski definition) is 3. The monoisotopic (exact) mass is 775 g/mol. The topological polar surface area (TPSA) is 145 Å². The van der Waals surface area contributed by atoms with Crippen LogP contribution in [0.3, 0.4) is 0 Å². The minimum absolute atomic E-state index is 0.0166. The fraction of sp³-hybridized carbons (Fsp3) is 0.486. The van der Waals surface area contributed by atoms with E-state index in [1.165, 1.54) is 18.5 Å². The SMILES string of the molecule is CCNC(=O)Nc1cc(-c2nc(C(F)(F)F)cs2)c(-c2ccc3c(c2)c(=O)c(C(=O)OCCCO)cn3[C@H](CO[Si](C)(C)C(C)(C)C)C(C)(C)C)cn1. The number of halogens is 3. The Kier molecular flexibility index (Phi) is 12.6. The second-order valence-electron chi connectivity index (χ2n) is 15.3. The molecule has 4 rings (SSSR count). The zero-order valence-corrected chi connectivity index (χ0v) is 33.3. The van der Waals surface area contributed by atoms with Crippen LogP contribution in [0.15, 0.2) is 46.8 Å². The lowest BCUT2D eigenvalue weighted by molar-refractivity contribution is -0.140. The van der Waals surface area contributed by atoms with Crippen LogP contribution in [-0.4, -0.2) is 66.3 Å². The van der Waals surface area contributed by atoms with Crippen molar-refractivity contribution in [2.75, 3.05) is 31.7 Å². The molecule has 0 fully saturated rings. The van der Waals surface area contributed by atoms with E-state index in [1.54, 1.807) is 25.1 Å². The van der Waals surface area contributed by atoms with E-state index in [9.17, 15) is 32.7 Å². The fourth-order valence-electron chi connectivity index (χ4n) is 5.26. The van der Waals surface area contributed by atoms with Gasteiger partial charge in [-0.15, -0.1) is 11.3 Å². The zero-order valence-electron chi connectivity index (χ0n) is 31.5. The van der Waals surface area contributed by atoms with Gasteiger partial charge in [-0.3, -0.25) is 10.1 Å². The number of thiazole rings is 1. The van der Waals surface area contributed by atoms with Gasteiger partial charge in [0.1, 0.15) is 16.4 Å². The van der Waals surface area contributed by atoms with Gasteiger partial charge in [0.25, 0.3) is 0 Å². The molecule has 3 heterocycles. The zero-order chi connectivity index (χ0) is 39.5. The molecule has 11 nitrogen and oxygen atoms in total. The van der Waals surface area contributed by atoms with Crippen LogP contribution >= 0.6 is 11.3 Å². The summed E-state index contributed by atoms with van der Waals surface area (Å²) in [6.45, 7) is 18.9. The number of pyridine rings is 2. The van der Waals surface area contributed by atoms with Crippen LogP contribution in [0.5, 0.6) is 0 Å². The Labute approximate surface area is 312 Å². The number of rotatable bonds is 12. The second kappa shape index (κ2) is 16.1. The molecule has 0 unspecified atom stereocenters.